The van der Waals surface area contributed by atoms with Gasteiger partial charge in [-0.25, -0.2) is 4.79 Å². The average Bonchev–Trinajstić information content (AvgIpc) is 2.76. The van der Waals surface area contributed by atoms with Crippen LogP contribution in [0, 0.1) is 5.92 Å². The minimum atomic E-state index is -0.384. The summed E-state index contributed by atoms with van der Waals surface area (Å²) >= 11 is 0. The smallest absolute Gasteiger partial charge is 0.343 e. The number of methoxy groups -OCH3 is 1. The molecule has 0 aliphatic carbocycles. The van der Waals surface area contributed by atoms with Crippen LogP contribution in [0.4, 0.5) is 0 Å². The summed E-state index contributed by atoms with van der Waals surface area (Å²) in [6, 6.07) is 14.4. The van der Waals surface area contributed by atoms with E-state index in [0.717, 1.165) is 32.1 Å². The van der Waals surface area contributed by atoms with E-state index in [0.29, 0.717) is 23.7 Å². The Bertz CT molecular complexity index is 765. The molecule has 0 bridgehead atoms. The highest BCUT2D eigenvalue weighted by Gasteiger charge is 2.11. The van der Waals surface area contributed by atoms with Gasteiger partial charge in [0.15, 0.2) is 0 Å². The van der Waals surface area contributed by atoms with Crippen LogP contribution in [0.25, 0.3) is 0 Å². The topological polar surface area (TPSA) is 61.8 Å². The Labute approximate surface area is 173 Å². The fourth-order valence-electron chi connectivity index (χ4n) is 2.71. The number of unbranched alkanes of at least 4 members (excludes halogenated alkanes) is 2. The van der Waals surface area contributed by atoms with Gasteiger partial charge in [0, 0.05) is 0 Å². The number of rotatable bonds is 11. The maximum Gasteiger partial charge on any atom is 0.343 e. The maximum atomic E-state index is 12.2. The molecule has 0 aliphatic rings. The second kappa shape index (κ2) is 11.9. The van der Waals surface area contributed by atoms with Crippen LogP contribution in [0.1, 0.15) is 55.5 Å². The van der Waals surface area contributed by atoms with Crippen molar-refractivity contribution < 1.29 is 23.8 Å². The number of hydrogen-bond donors (Lipinski definition) is 0. The normalized spacial score (nSPS) is 11.6. The third-order valence-electron chi connectivity index (χ3n) is 4.83. The van der Waals surface area contributed by atoms with Gasteiger partial charge in [0.05, 0.1) is 25.2 Å². The van der Waals surface area contributed by atoms with Crippen molar-refractivity contribution in [3.05, 3.63) is 59.7 Å². The summed E-state index contributed by atoms with van der Waals surface area (Å²) in [7, 11) is 1.59. The lowest BCUT2D eigenvalue weighted by atomic mass is 10.1. The molecule has 156 valence electrons. The molecule has 1 atom stereocenters. The zero-order valence-electron chi connectivity index (χ0n) is 17.5. The highest BCUT2D eigenvalue weighted by Crippen LogP contribution is 2.18. The molecule has 0 fully saturated rings. The molecule has 1 unspecified atom stereocenters. The van der Waals surface area contributed by atoms with Gasteiger partial charge in [-0.1, -0.05) is 26.0 Å². The molecular formula is C24H30O5. The molecule has 0 radical (unpaired) electrons. The number of hydrogen-bond acceptors (Lipinski definition) is 5. The van der Waals surface area contributed by atoms with E-state index in [9.17, 15) is 9.59 Å². The Hall–Kier alpha value is -2.82. The van der Waals surface area contributed by atoms with E-state index in [-0.39, 0.29) is 17.9 Å². The first kappa shape index (κ1) is 22.5. The molecule has 2 aromatic rings. The quantitative estimate of drug-likeness (QED) is 0.295. The fourth-order valence-corrected chi connectivity index (χ4v) is 2.71. The summed E-state index contributed by atoms with van der Waals surface area (Å²) in [5, 5.41) is 0. The summed E-state index contributed by atoms with van der Waals surface area (Å²) < 4.78 is 15.7. The van der Waals surface area contributed by atoms with E-state index in [1.807, 2.05) is 26.0 Å². The molecule has 5 heteroatoms. The van der Waals surface area contributed by atoms with Crippen molar-refractivity contribution >= 4 is 11.9 Å². The Morgan fingerprint density at radius 2 is 1.55 bits per heavy atom. The fraction of sp³-hybridized carbons (Fsp3) is 0.417. The first-order chi connectivity index (χ1) is 14.0. The van der Waals surface area contributed by atoms with Gasteiger partial charge >= 0.3 is 11.9 Å². The molecule has 0 aromatic heterocycles. The largest absolute Gasteiger partial charge is 0.497 e. The average molecular weight is 398 g/mol. The van der Waals surface area contributed by atoms with Crippen LogP contribution in [0.5, 0.6) is 11.5 Å². The minimum absolute atomic E-state index is 0.0232. The van der Waals surface area contributed by atoms with Crippen molar-refractivity contribution in [2.24, 2.45) is 5.92 Å². The first-order valence-corrected chi connectivity index (χ1v) is 10.1. The van der Waals surface area contributed by atoms with Crippen molar-refractivity contribution in [2.75, 3.05) is 13.7 Å². The van der Waals surface area contributed by atoms with E-state index in [1.54, 1.807) is 43.5 Å². The second-order valence-electron chi connectivity index (χ2n) is 7.05. The van der Waals surface area contributed by atoms with Crippen LogP contribution in [-0.2, 0) is 16.0 Å². The van der Waals surface area contributed by atoms with Crippen molar-refractivity contribution in [1.29, 1.82) is 0 Å². The third kappa shape index (κ3) is 7.60. The highest BCUT2D eigenvalue weighted by atomic mass is 16.5. The molecule has 0 N–H and O–H groups in total. The van der Waals surface area contributed by atoms with Crippen LogP contribution < -0.4 is 9.47 Å². The van der Waals surface area contributed by atoms with Gasteiger partial charge in [0.2, 0.25) is 0 Å². The van der Waals surface area contributed by atoms with Crippen LogP contribution >= 0.6 is 0 Å². The molecule has 29 heavy (non-hydrogen) atoms. The van der Waals surface area contributed by atoms with E-state index in [2.05, 4.69) is 0 Å². The summed E-state index contributed by atoms with van der Waals surface area (Å²) in [6.07, 6.45) is 4.61. The zero-order chi connectivity index (χ0) is 21.1. The highest BCUT2D eigenvalue weighted by molar-refractivity contribution is 5.91. The molecular weight excluding hydrogens is 368 g/mol. The van der Waals surface area contributed by atoms with E-state index in [1.165, 1.54) is 5.56 Å². The molecule has 5 nitrogen and oxygen atoms in total. The molecule has 0 heterocycles. The van der Waals surface area contributed by atoms with E-state index in [4.69, 9.17) is 14.2 Å². The second-order valence-corrected chi connectivity index (χ2v) is 7.05. The Morgan fingerprint density at radius 3 is 2.17 bits per heavy atom. The molecule has 0 aliphatic heterocycles. The van der Waals surface area contributed by atoms with Crippen molar-refractivity contribution in [1.82, 2.24) is 0 Å². The predicted molar refractivity (Wildman–Crippen MR) is 112 cm³/mol. The number of benzene rings is 2. The summed E-state index contributed by atoms with van der Waals surface area (Å²) in [6.45, 7) is 4.36. The Morgan fingerprint density at radius 1 is 0.897 bits per heavy atom. The molecule has 0 saturated heterocycles. The Balaban J connectivity index is 1.69. The van der Waals surface area contributed by atoms with Gasteiger partial charge in [-0.15, -0.1) is 0 Å². The number of ether oxygens (including phenoxy) is 3. The number of carbonyl (C=O) groups is 2. The number of aryl methyl sites for hydroxylation is 1. The first-order valence-electron chi connectivity index (χ1n) is 10.1. The minimum Gasteiger partial charge on any atom is -0.497 e. The SMILES string of the molecule is CCC(C)C(=O)OCCCCCc1ccc(C(=O)Oc2ccc(OC)cc2)cc1. The van der Waals surface area contributed by atoms with Crippen molar-refractivity contribution in [3.8, 4) is 11.5 Å². The summed E-state index contributed by atoms with van der Waals surface area (Å²) in [5.41, 5.74) is 1.68. The van der Waals surface area contributed by atoms with Gasteiger partial charge in [-0.05, 0) is 74.1 Å². The lowest BCUT2D eigenvalue weighted by Gasteiger charge is -2.09. The van der Waals surface area contributed by atoms with Crippen molar-refractivity contribution in [3.63, 3.8) is 0 Å². The molecule has 0 saturated carbocycles. The zero-order valence-corrected chi connectivity index (χ0v) is 17.5. The predicted octanol–water partition coefficient (Wildman–Crippen LogP) is 5.22. The van der Waals surface area contributed by atoms with Gasteiger partial charge in [0.25, 0.3) is 0 Å². The molecule has 0 amide bonds. The Kier molecular flexibility index (Phi) is 9.22. The van der Waals surface area contributed by atoms with Crippen molar-refractivity contribution in [2.45, 2.75) is 46.0 Å². The van der Waals surface area contributed by atoms with Gasteiger partial charge < -0.3 is 14.2 Å². The lowest BCUT2D eigenvalue weighted by Crippen LogP contribution is -2.14. The standard InChI is InChI=1S/C24H30O5/c1-4-18(2)23(25)28-17-7-5-6-8-19-9-11-20(12-10-19)24(26)29-22-15-13-21(27-3)14-16-22/h9-16,18H,4-8,17H2,1-3H3. The van der Waals surface area contributed by atoms with E-state index < -0.39 is 0 Å². The molecule has 2 rings (SSSR count). The van der Waals surface area contributed by atoms with Gasteiger partial charge in [0.1, 0.15) is 11.5 Å². The number of carbonyl (C=O) groups excluding carboxylic acids is 2. The monoisotopic (exact) mass is 398 g/mol. The molecule has 0 spiro atoms. The maximum absolute atomic E-state index is 12.2. The van der Waals surface area contributed by atoms with Crippen LogP contribution in [0.3, 0.4) is 0 Å². The summed E-state index contributed by atoms with van der Waals surface area (Å²) in [4.78, 5) is 23.8. The lowest BCUT2D eigenvalue weighted by molar-refractivity contribution is -0.148. The number of esters is 2. The van der Waals surface area contributed by atoms with Crippen LogP contribution in [0.15, 0.2) is 48.5 Å². The van der Waals surface area contributed by atoms with E-state index >= 15 is 0 Å². The van der Waals surface area contributed by atoms with Crippen LogP contribution in [-0.4, -0.2) is 25.7 Å². The third-order valence-corrected chi connectivity index (χ3v) is 4.83. The van der Waals surface area contributed by atoms with Gasteiger partial charge in [-0.3, -0.25) is 4.79 Å². The van der Waals surface area contributed by atoms with Crippen LogP contribution in [0.2, 0.25) is 0 Å². The molecule has 2 aromatic carbocycles. The summed E-state index contributed by atoms with van der Waals surface area (Å²) in [5.74, 6) is 0.677. The van der Waals surface area contributed by atoms with Gasteiger partial charge in [-0.2, -0.15) is 0 Å².